The Morgan fingerprint density at radius 3 is 0.900 bits per heavy atom. The predicted octanol–water partition coefficient (Wildman–Crippen LogP) is 4.62. The molecule has 0 saturated carbocycles. The first-order valence-corrected chi connectivity index (χ1v) is 15.9. The molecule has 0 aliphatic heterocycles. The number of carbonyl (C=O) groups is 3. The molecule has 0 saturated heterocycles. The van der Waals surface area contributed by atoms with Crippen LogP contribution in [0, 0.1) is 0 Å². The first kappa shape index (κ1) is 47.1. The van der Waals surface area contributed by atoms with Crippen LogP contribution >= 0.6 is 37.9 Å². The van der Waals surface area contributed by atoms with E-state index >= 15 is 0 Å². The molecule has 0 amide bonds. The molecule has 0 aromatic heterocycles. The Morgan fingerprint density at radius 2 is 0.700 bits per heavy atom. The van der Waals surface area contributed by atoms with Crippen molar-refractivity contribution in [3.63, 3.8) is 0 Å². The van der Waals surface area contributed by atoms with Gasteiger partial charge in [-0.05, 0) is 19.3 Å². The maximum atomic E-state index is 10.8. The smallest absolute Gasteiger partial charge is 0.306 e. The fourth-order valence-electron chi connectivity index (χ4n) is 2.18. The second-order valence-electron chi connectivity index (χ2n) is 7.98. The first-order valence-electron chi connectivity index (χ1n) is 14.0. The fraction of sp³-hybridized carbons (Fsp3) is 0.889. The molecule has 0 N–H and O–H groups in total. The van der Waals surface area contributed by atoms with Gasteiger partial charge >= 0.3 is 17.9 Å². The molecule has 0 fully saturated rings. The zero-order valence-electron chi connectivity index (χ0n) is 24.8. The van der Waals surface area contributed by atoms with E-state index in [1.165, 1.54) is 0 Å². The Morgan fingerprint density at radius 1 is 0.450 bits per heavy atom. The van der Waals surface area contributed by atoms with Crippen LogP contribution in [0.15, 0.2) is 0 Å². The molecule has 0 aromatic carbocycles. The van der Waals surface area contributed by atoms with Gasteiger partial charge in [0.15, 0.2) is 0 Å². The maximum Gasteiger partial charge on any atom is 0.306 e. The second-order valence-corrected chi connectivity index (χ2v) is 9.32. The van der Waals surface area contributed by atoms with Crippen LogP contribution in [0.1, 0.15) is 78.6 Å². The molecule has 0 aliphatic carbocycles. The third-order valence-corrected chi connectivity index (χ3v) is 5.02. The van der Waals surface area contributed by atoms with Gasteiger partial charge in [0, 0.05) is 61.5 Å². The number of ether oxygens (including phenoxy) is 6. The minimum absolute atomic E-state index is 0. The van der Waals surface area contributed by atoms with Crippen LogP contribution in [0.25, 0.3) is 0 Å². The van der Waals surface area contributed by atoms with Crippen molar-refractivity contribution in [1.29, 1.82) is 0 Å². The Bertz CT molecular complexity index is 462. The number of hydrogen-bond donors (Lipinski definition) is 3. The quantitative estimate of drug-likeness (QED) is 0.0430. The summed E-state index contributed by atoms with van der Waals surface area (Å²) in [6.45, 7) is 11.1. The molecule has 0 rings (SSSR count). The maximum absolute atomic E-state index is 10.8. The Hall–Kier alpha value is 0.158. The minimum atomic E-state index is -0.200. The van der Waals surface area contributed by atoms with Crippen molar-refractivity contribution in [2.24, 2.45) is 0 Å². The first-order chi connectivity index (χ1) is 18.9. The van der Waals surface area contributed by atoms with Gasteiger partial charge in [-0.25, -0.2) is 0 Å². The Kier molecular flexibility index (Phi) is 51.3. The van der Waals surface area contributed by atoms with Crippen LogP contribution in [-0.2, 0) is 42.8 Å². The zero-order chi connectivity index (χ0) is 29.8. The van der Waals surface area contributed by atoms with Crippen LogP contribution < -0.4 is 0 Å². The summed E-state index contributed by atoms with van der Waals surface area (Å²) in [5, 5.41) is 0. The van der Waals surface area contributed by atoms with Gasteiger partial charge in [0.1, 0.15) is 19.8 Å². The molecule has 0 unspecified atom stereocenters. The van der Waals surface area contributed by atoms with Crippen molar-refractivity contribution in [1.82, 2.24) is 0 Å². The Labute approximate surface area is 276 Å². The van der Waals surface area contributed by atoms with E-state index in [0.29, 0.717) is 76.2 Å². The number of thiol groups is 3. The third kappa shape index (κ3) is 47.9. The van der Waals surface area contributed by atoms with E-state index in [1.807, 2.05) is 0 Å². The molecule has 239 valence electrons. The summed E-state index contributed by atoms with van der Waals surface area (Å²) in [4.78, 5) is 32.4. The summed E-state index contributed by atoms with van der Waals surface area (Å²) >= 11 is 11.8. The molecule has 13 heteroatoms. The van der Waals surface area contributed by atoms with Crippen LogP contribution in [0.2, 0.25) is 0 Å². The third-order valence-electron chi connectivity index (χ3n) is 4.35. The SMILES string of the molecule is CCCCOCCOC(=O)CCS.CCCCOCCOC(=O)CCS.CCCCOCCOC(=O)CCS.[Sb]. The summed E-state index contributed by atoms with van der Waals surface area (Å²) in [7, 11) is 0. The summed E-state index contributed by atoms with van der Waals surface area (Å²) in [6.07, 6.45) is 7.67. The monoisotopic (exact) mass is 739 g/mol. The average Bonchev–Trinajstić information content (AvgIpc) is 2.91. The van der Waals surface area contributed by atoms with E-state index in [-0.39, 0.29) is 42.3 Å². The van der Waals surface area contributed by atoms with Crippen LogP contribution in [0.4, 0.5) is 0 Å². The molecule has 9 nitrogen and oxygen atoms in total. The normalized spacial score (nSPS) is 9.75. The molecular weight excluding hydrogens is 686 g/mol. The van der Waals surface area contributed by atoms with Crippen molar-refractivity contribution in [3.05, 3.63) is 0 Å². The summed E-state index contributed by atoms with van der Waals surface area (Å²) in [6, 6.07) is 0. The molecule has 0 bridgehead atoms. The van der Waals surface area contributed by atoms with Crippen molar-refractivity contribution < 1.29 is 42.8 Å². The standard InChI is InChI=1S/3C9H18O3S.Sb/c3*1-2-3-5-11-6-7-12-9(10)4-8-13;/h3*13H,2-8H2,1H3;. The summed E-state index contributed by atoms with van der Waals surface area (Å²) < 4.78 is 30.2. The van der Waals surface area contributed by atoms with Gasteiger partial charge in [0.05, 0.1) is 39.1 Å². The van der Waals surface area contributed by atoms with Crippen LogP contribution in [0.5, 0.6) is 0 Å². The second kappa shape index (κ2) is 43.6. The van der Waals surface area contributed by atoms with Gasteiger partial charge in [0.25, 0.3) is 0 Å². The number of unbranched alkanes of at least 4 members (excludes halogenated alkanes) is 3. The number of hydrogen-bond acceptors (Lipinski definition) is 12. The summed E-state index contributed by atoms with van der Waals surface area (Å²) in [5.74, 6) is 1.01. The van der Waals surface area contributed by atoms with Crippen LogP contribution in [-0.4, -0.2) is 119 Å². The van der Waals surface area contributed by atoms with E-state index in [2.05, 4.69) is 58.7 Å². The fourth-order valence-corrected chi connectivity index (χ4v) is 2.73. The Balaban J connectivity index is -0.000000240. The van der Waals surface area contributed by atoms with Gasteiger partial charge < -0.3 is 28.4 Å². The molecule has 3 radical (unpaired) electrons. The van der Waals surface area contributed by atoms with Gasteiger partial charge in [-0.2, -0.15) is 37.9 Å². The zero-order valence-corrected chi connectivity index (χ0v) is 30.0. The van der Waals surface area contributed by atoms with Crippen LogP contribution in [0.3, 0.4) is 0 Å². The van der Waals surface area contributed by atoms with Gasteiger partial charge in [-0.3, -0.25) is 14.4 Å². The molecule has 0 spiro atoms. The predicted molar refractivity (Wildman–Crippen MR) is 171 cm³/mol. The van der Waals surface area contributed by atoms with Crippen molar-refractivity contribution >= 4 is 80.2 Å². The van der Waals surface area contributed by atoms with Crippen molar-refractivity contribution in [2.45, 2.75) is 78.6 Å². The minimum Gasteiger partial charge on any atom is -0.463 e. The number of carbonyl (C=O) groups excluding carboxylic acids is 3. The van der Waals surface area contributed by atoms with Gasteiger partial charge in [0.2, 0.25) is 0 Å². The summed E-state index contributed by atoms with van der Waals surface area (Å²) in [5.41, 5.74) is 0. The molecule has 0 heterocycles. The van der Waals surface area contributed by atoms with Gasteiger partial charge in [-0.1, -0.05) is 40.0 Å². The molecule has 40 heavy (non-hydrogen) atoms. The topological polar surface area (TPSA) is 107 Å². The van der Waals surface area contributed by atoms with E-state index in [4.69, 9.17) is 28.4 Å². The van der Waals surface area contributed by atoms with E-state index in [1.54, 1.807) is 0 Å². The largest absolute Gasteiger partial charge is 0.463 e. The van der Waals surface area contributed by atoms with Crippen molar-refractivity contribution in [3.8, 4) is 0 Å². The van der Waals surface area contributed by atoms with E-state index in [9.17, 15) is 14.4 Å². The number of rotatable bonds is 24. The van der Waals surface area contributed by atoms with Crippen molar-refractivity contribution in [2.75, 3.05) is 76.7 Å². The molecule has 0 aromatic rings. The van der Waals surface area contributed by atoms with E-state index < -0.39 is 0 Å². The molecular formula is C27H54O9S3Sb. The molecule has 0 atom stereocenters. The van der Waals surface area contributed by atoms with Gasteiger partial charge in [-0.15, -0.1) is 0 Å². The van der Waals surface area contributed by atoms with E-state index in [0.717, 1.165) is 58.3 Å². The molecule has 0 aliphatic rings. The average molecular weight is 741 g/mol. The number of esters is 3.